The standard InChI is InChI=1S/C11H19NO2/c1-8-3-9-5-12(10(14)6-13)7-11(9,2)4-8/h8-9,13H,3-7H2,1-2H3. The van der Waals surface area contributed by atoms with E-state index in [1.165, 1.54) is 12.8 Å². The molecule has 1 N–H and O–H groups in total. The lowest BCUT2D eigenvalue weighted by atomic mass is 9.83. The first-order valence-corrected chi connectivity index (χ1v) is 5.44. The smallest absolute Gasteiger partial charge is 0.248 e. The van der Waals surface area contributed by atoms with Crippen molar-refractivity contribution < 1.29 is 9.90 Å². The van der Waals surface area contributed by atoms with Crippen LogP contribution in [0.5, 0.6) is 0 Å². The van der Waals surface area contributed by atoms with Crippen molar-refractivity contribution >= 4 is 5.91 Å². The molecule has 1 heterocycles. The minimum absolute atomic E-state index is 0.103. The molecule has 1 aliphatic carbocycles. The third-order valence-corrected chi connectivity index (χ3v) is 3.97. The molecule has 2 fully saturated rings. The average molecular weight is 197 g/mol. The van der Waals surface area contributed by atoms with Crippen LogP contribution >= 0.6 is 0 Å². The van der Waals surface area contributed by atoms with E-state index in [1.54, 1.807) is 0 Å². The lowest BCUT2D eigenvalue weighted by Gasteiger charge is -2.23. The fraction of sp³-hybridized carbons (Fsp3) is 0.909. The molecule has 3 nitrogen and oxygen atoms in total. The second-order valence-corrected chi connectivity index (χ2v) is 5.33. The molecule has 3 heteroatoms. The summed E-state index contributed by atoms with van der Waals surface area (Å²) in [6.45, 7) is 5.95. The summed E-state index contributed by atoms with van der Waals surface area (Å²) in [6, 6.07) is 0. The molecule has 0 radical (unpaired) electrons. The number of amides is 1. The highest BCUT2D eigenvalue weighted by Crippen LogP contribution is 2.50. The van der Waals surface area contributed by atoms with E-state index in [4.69, 9.17) is 5.11 Å². The Morgan fingerprint density at radius 3 is 2.93 bits per heavy atom. The van der Waals surface area contributed by atoms with Crippen molar-refractivity contribution in [3.8, 4) is 0 Å². The number of hydrogen-bond donors (Lipinski definition) is 1. The molecule has 3 atom stereocenters. The van der Waals surface area contributed by atoms with Crippen molar-refractivity contribution in [1.82, 2.24) is 4.90 Å². The van der Waals surface area contributed by atoms with Gasteiger partial charge >= 0.3 is 0 Å². The molecule has 0 aromatic heterocycles. The number of carbonyl (C=O) groups excluding carboxylic acids is 1. The summed E-state index contributed by atoms with van der Waals surface area (Å²) in [4.78, 5) is 13.2. The Morgan fingerprint density at radius 1 is 1.64 bits per heavy atom. The largest absolute Gasteiger partial charge is 0.387 e. The number of rotatable bonds is 1. The minimum Gasteiger partial charge on any atom is -0.387 e. The van der Waals surface area contributed by atoms with E-state index in [0.29, 0.717) is 11.3 Å². The Morgan fingerprint density at radius 2 is 2.36 bits per heavy atom. The van der Waals surface area contributed by atoms with Crippen molar-refractivity contribution in [1.29, 1.82) is 0 Å². The van der Waals surface area contributed by atoms with Crippen LogP contribution in [0.1, 0.15) is 26.7 Å². The molecule has 80 valence electrons. The van der Waals surface area contributed by atoms with Gasteiger partial charge < -0.3 is 10.0 Å². The lowest BCUT2D eigenvalue weighted by Crippen LogP contribution is -2.33. The average Bonchev–Trinajstić information content (AvgIpc) is 2.54. The maximum atomic E-state index is 11.3. The van der Waals surface area contributed by atoms with Gasteiger partial charge in [-0.1, -0.05) is 13.8 Å². The number of likely N-dealkylation sites (tertiary alicyclic amines) is 1. The number of fused-ring (bicyclic) bond motifs is 1. The van der Waals surface area contributed by atoms with Crippen LogP contribution in [0.15, 0.2) is 0 Å². The zero-order valence-corrected chi connectivity index (χ0v) is 8.99. The molecule has 0 aromatic carbocycles. The van der Waals surface area contributed by atoms with E-state index in [-0.39, 0.29) is 12.5 Å². The van der Waals surface area contributed by atoms with Gasteiger partial charge in [-0.15, -0.1) is 0 Å². The molecule has 0 spiro atoms. The van der Waals surface area contributed by atoms with Crippen LogP contribution in [-0.2, 0) is 4.79 Å². The van der Waals surface area contributed by atoms with Crippen LogP contribution in [-0.4, -0.2) is 35.6 Å². The maximum absolute atomic E-state index is 11.3. The van der Waals surface area contributed by atoms with Crippen LogP contribution in [0.3, 0.4) is 0 Å². The van der Waals surface area contributed by atoms with Crippen LogP contribution in [0.25, 0.3) is 0 Å². The Hall–Kier alpha value is -0.570. The van der Waals surface area contributed by atoms with E-state index in [2.05, 4.69) is 13.8 Å². The molecule has 14 heavy (non-hydrogen) atoms. The van der Waals surface area contributed by atoms with Gasteiger partial charge in [0.25, 0.3) is 0 Å². The summed E-state index contributed by atoms with van der Waals surface area (Å²) < 4.78 is 0. The van der Waals surface area contributed by atoms with Crippen LogP contribution in [0.2, 0.25) is 0 Å². The molecule has 2 aliphatic rings. The molecule has 1 aliphatic heterocycles. The number of carbonyl (C=O) groups is 1. The van der Waals surface area contributed by atoms with Crippen molar-refractivity contribution in [3.63, 3.8) is 0 Å². The number of aliphatic hydroxyl groups excluding tert-OH is 1. The molecular formula is C11H19NO2. The summed E-state index contributed by atoms with van der Waals surface area (Å²) in [5.41, 5.74) is 0.324. The first-order valence-electron chi connectivity index (χ1n) is 5.44. The minimum atomic E-state index is -0.335. The predicted molar refractivity (Wildman–Crippen MR) is 53.7 cm³/mol. The zero-order valence-electron chi connectivity index (χ0n) is 8.99. The third-order valence-electron chi connectivity index (χ3n) is 3.97. The van der Waals surface area contributed by atoms with Gasteiger partial charge in [0.2, 0.25) is 5.91 Å². The molecule has 1 saturated heterocycles. The molecule has 0 aromatic rings. The van der Waals surface area contributed by atoms with Gasteiger partial charge in [0.05, 0.1) is 0 Å². The fourth-order valence-corrected chi connectivity index (χ4v) is 3.36. The van der Waals surface area contributed by atoms with E-state index in [0.717, 1.165) is 19.0 Å². The van der Waals surface area contributed by atoms with Gasteiger partial charge in [-0.2, -0.15) is 0 Å². The molecule has 0 bridgehead atoms. The Bertz CT molecular complexity index is 254. The summed E-state index contributed by atoms with van der Waals surface area (Å²) in [5.74, 6) is 1.36. The molecule has 3 unspecified atom stereocenters. The molecule has 1 saturated carbocycles. The quantitative estimate of drug-likeness (QED) is 0.677. The summed E-state index contributed by atoms with van der Waals surface area (Å²) >= 11 is 0. The van der Waals surface area contributed by atoms with Crippen molar-refractivity contribution in [2.24, 2.45) is 17.3 Å². The predicted octanol–water partition coefficient (Wildman–Crippen LogP) is 0.873. The lowest BCUT2D eigenvalue weighted by molar-refractivity contribution is -0.133. The van der Waals surface area contributed by atoms with Gasteiger partial charge in [-0.05, 0) is 30.1 Å². The molecule has 2 rings (SSSR count). The van der Waals surface area contributed by atoms with Crippen molar-refractivity contribution in [2.45, 2.75) is 26.7 Å². The van der Waals surface area contributed by atoms with Crippen LogP contribution < -0.4 is 0 Å². The normalized spacial score (nSPS) is 41.5. The zero-order chi connectivity index (χ0) is 10.3. The maximum Gasteiger partial charge on any atom is 0.248 e. The van der Waals surface area contributed by atoms with E-state index >= 15 is 0 Å². The Kier molecular flexibility index (Phi) is 2.30. The first kappa shape index (κ1) is 9.97. The van der Waals surface area contributed by atoms with Gasteiger partial charge in [0, 0.05) is 13.1 Å². The number of hydrogen-bond acceptors (Lipinski definition) is 2. The third kappa shape index (κ3) is 1.44. The summed E-state index contributed by atoms with van der Waals surface area (Å²) in [7, 11) is 0. The molecule has 1 amide bonds. The van der Waals surface area contributed by atoms with E-state index in [9.17, 15) is 4.79 Å². The topological polar surface area (TPSA) is 40.5 Å². The monoisotopic (exact) mass is 197 g/mol. The molecular weight excluding hydrogens is 178 g/mol. The van der Waals surface area contributed by atoms with E-state index < -0.39 is 0 Å². The second-order valence-electron chi connectivity index (χ2n) is 5.33. The van der Waals surface area contributed by atoms with Gasteiger partial charge in [0.1, 0.15) is 6.61 Å². The van der Waals surface area contributed by atoms with Gasteiger partial charge in [-0.3, -0.25) is 4.79 Å². The Balaban J connectivity index is 2.05. The van der Waals surface area contributed by atoms with Gasteiger partial charge in [-0.25, -0.2) is 0 Å². The highest BCUT2D eigenvalue weighted by Gasteiger charge is 2.49. The summed E-state index contributed by atoms with van der Waals surface area (Å²) in [5, 5.41) is 8.80. The highest BCUT2D eigenvalue weighted by molar-refractivity contribution is 5.77. The van der Waals surface area contributed by atoms with Crippen molar-refractivity contribution in [2.75, 3.05) is 19.7 Å². The number of aliphatic hydroxyl groups is 1. The van der Waals surface area contributed by atoms with E-state index in [1.807, 2.05) is 4.90 Å². The number of nitrogens with zero attached hydrogens (tertiary/aromatic N) is 1. The SMILES string of the molecule is CC1CC2CN(C(=O)CO)CC2(C)C1. The second kappa shape index (κ2) is 3.23. The Labute approximate surface area is 85.1 Å². The van der Waals surface area contributed by atoms with Crippen molar-refractivity contribution in [3.05, 3.63) is 0 Å². The van der Waals surface area contributed by atoms with Gasteiger partial charge in [0.15, 0.2) is 0 Å². The first-order chi connectivity index (χ1) is 6.55. The van der Waals surface area contributed by atoms with Crippen LogP contribution in [0, 0.1) is 17.3 Å². The highest BCUT2D eigenvalue weighted by atomic mass is 16.3. The van der Waals surface area contributed by atoms with Crippen LogP contribution in [0.4, 0.5) is 0 Å². The summed E-state index contributed by atoms with van der Waals surface area (Å²) in [6.07, 6.45) is 2.47. The fourth-order valence-electron chi connectivity index (χ4n) is 3.36.